The summed E-state index contributed by atoms with van der Waals surface area (Å²) in [6.45, 7) is 9.36. The van der Waals surface area contributed by atoms with Gasteiger partial charge in [0.2, 0.25) is 0 Å². The number of hydrogen-bond acceptors (Lipinski definition) is 1. The van der Waals surface area contributed by atoms with Crippen LogP contribution in [0.25, 0.3) is 0 Å². The predicted molar refractivity (Wildman–Crippen MR) is 57.8 cm³/mol. The normalized spacial score (nSPS) is 39.0. The first-order chi connectivity index (χ1) is 4.93. The van der Waals surface area contributed by atoms with Gasteiger partial charge in [-0.1, -0.05) is 6.92 Å². The fourth-order valence-electron chi connectivity index (χ4n) is 2.29. The molecule has 1 fully saturated rings. The zero-order valence-corrected chi connectivity index (χ0v) is 10.1. The molecule has 1 nitrogen and oxygen atoms in total. The minimum absolute atomic E-state index is 0.400. The molecule has 1 saturated heterocycles. The highest BCUT2D eigenvalue weighted by Crippen LogP contribution is 2.37. The van der Waals surface area contributed by atoms with Gasteiger partial charge in [0.15, 0.2) is 0 Å². The molecule has 0 amide bonds. The van der Waals surface area contributed by atoms with Crippen LogP contribution >= 0.6 is 22.9 Å². The Balaban J connectivity index is 2.67. The number of hydrogen-bond donors (Lipinski definition) is 0. The van der Waals surface area contributed by atoms with E-state index in [1.807, 2.05) is 0 Å². The minimum atomic E-state index is 0.400. The van der Waals surface area contributed by atoms with Crippen LogP contribution in [0, 0.1) is 5.92 Å². The molecule has 2 heteroatoms. The van der Waals surface area contributed by atoms with E-state index in [2.05, 4.69) is 53.7 Å². The summed E-state index contributed by atoms with van der Waals surface area (Å²) in [5.74, 6) is 0.894. The summed E-state index contributed by atoms with van der Waals surface area (Å²) in [6.07, 6.45) is 2.69. The molecule has 2 unspecified atom stereocenters. The van der Waals surface area contributed by atoms with Gasteiger partial charge >= 0.3 is 0 Å². The van der Waals surface area contributed by atoms with Crippen LogP contribution in [0.5, 0.6) is 0 Å². The number of piperidine rings is 1. The molecule has 0 aliphatic carbocycles. The first-order valence-electron chi connectivity index (χ1n) is 4.38. The van der Waals surface area contributed by atoms with Gasteiger partial charge in [0.05, 0.1) is 0 Å². The van der Waals surface area contributed by atoms with E-state index in [1.54, 1.807) is 0 Å². The van der Waals surface area contributed by atoms with Crippen LogP contribution in [0.1, 0.15) is 40.5 Å². The molecule has 2 atom stereocenters. The summed E-state index contributed by atoms with van der Waals surface area (Å²) in [6, 6.07) is 0.745. The smallest absolute Gasteiger partial charge is 0.0254 e. The van der Waals surface area contributed by atoms with Gasteiger partial charge < -0.3 is 0 Å². The average Bonchev–Trinajstić information content (AvgIpc) is 1.81. The topological polar surface area (TPSA) is 3.24 Å². The zero-order chi connectivity index (χ0) is 8.65. The van der Waals surface area contributed by atoms with Gasteiger partial charge in [-0.25, -0.2) is 3.11 Å². The van der Waals surface area contributed by atoms with Crippen molar-refractivity contribution < 1.29 is 0 Å². The van der Waals surface area contributed by atoms with E-state index in [-0.39, 0.29) is 0 Å². The van der Waals surface area contributed by atoms with Crippen molar-refractivity contribution in [1.29, 1.82) is 0 Å². The van der Waals surface area contributed by atoms with Crippen LogP contribution in [-0.2, 0) is 0 Å². The van der Waals surface area contributed by atoms with Gasteiger partial charge in [0, 0.05) is 34.4 Å². The molecular formula is C9H18IN. The minimum Gasteiger partial charge on any atom is -0.239 e. The lowest BCUT2D eigenvalue weighted by Crippen LogP contribution is -2.48. The van der Waals surface area contributed by atoms with Gasteiger partial charge in [-0.3, -0.25) is 0 Å². The summed E-state index contributed by atoms with van der Waals surface area (Å²) in [7, 11) is 0. The molecule has 0 N–H and O–H groups in total. The van der Waals surface area contributed by atoms with Crippen LogP contribution in [0.4, 0.5) is 0 Å². The second-order valence-corrected chi connectivity index (χ2v) is 5.56. The van der Waals surface area contributed by atoms with Gasteiger partial charge in [-0.2, -0.15) is 0 Å². The Morgan fingerprint density at radius 1 is 1.36 bits per heavy atom. The van der Waals surface area contributed by atoms with Gasteiger partial charge in [0.25, 0.3) is 0 Å². The highest BCUT2D eigenvalue weighted by atomic mass is 127. The van der Waals surface area contributed by atoms with E-state index in [0.717, 1.165) is 12.0 Å². The Bertz CT molecular complexity index is 144. The summed E-state index contributed by atoms with van der Waals surface area (Å²) < 4.78 is 2.48. The molecule has 1 heterocycles. The maximum absolute atomic E-state index is 2.48. The maximum atomic E-state index is 2.48. The van der Waals surface area contributed by atoms with Crippen molar-refractivity contribution >= 4 is 22.9 Å². The maximum Gasteiger partial charge on any atom is 0.0254 e. The first-order valence-corrected chi connectivity index (χ1v) is 5.35. The molecule has 0 radical (unpaired) electrons. The monoisotopic (exact) mass is 267 g/mol. The summed E-state index contributed by atoms with van der Waals surface area (Å²) in [4.78, 5) is 0. The molecule has 1 aliphatic heterocycles. The standard InChI is InChI=1S/C9H18IN/c1-7-5-8(2)11(10)9(3,4)6-7/h7-8H,5-6H2,1-4H3. The molecule has 1 rings (SSSR count). The molecule has 0 aromatic rings. The first kappa shape index (κ1) is 9.78. The molecule has 0 aromatic carbocycles. The highest BCUT2D eigenvalue weighted by Gasteiger charge is 2.35. The third kappa shape index (κ3) is 2.08. The molecular weight excluding hydrogens is 249 g/mol. The van der Waals surface area contributed by atoms with Crippen molar-refractivity contribution in [2.75, 3.05) is 0 Å². The van der Waals surface area contributed by atoms with E-state index in [1.165, 1.54) is 12.8 Å². The van der Waals surface area contributed by atoms with Crippen molar-refractivity contribution in [3.05, 3.63) is 0 Å². The van der Waals surface area contributed by atoms with Crippen molar-refractivity contribution in [3.63, 3.8) is 0 Å². The van der Waals surface area contributed by atoms with Crippen LogP contribution in [-0.4, -0.2) is 14.7 Å². The van der Waals surface area contributed by atoms with E-state index in [9.17, 15) is 0 Å². The highest BCUT2D eigenvalue weighted by molar-refractivity contribution is 14.1. The fourth-order valence-corrected chi connectivity index (χ4v) is 2.72. The van der Waals surface area contributed by atoms with E-state index in [0.29, 0.717) is 5.54 Å². The molecule has 0 saturated carbocycles. The molecule has 0 bridgehead atoms. The Morgan fingerprint density at radius 3 is 2.36 bits per heavy atom. The second kappa shape index (κ2) is 3.21. The molecule has 1 aliphatic rings. The lowest BCUT2D eigenvalue weighted by Gasteiger charge is -2.45. The summed E-state index contributed by atoms with van der Waals surface area (Å²) >= 11 is 2.47. The van der Waals surface area contributed by atoms with Crippen molar-refractivity contribution in [1.82, 2.24) is 3.11 Å². The van der Waals surface area contributed by atoms with Crippen LogP contribution < -0.4 is 0 Å². The van der Waals surface area contributed by atoms with Gasteiger partial charge in [-0.05, 0) is 39.5 Å². The fraction of sp³-hybridized carbons (Fsp3) is 1.00. The van der Waals surface area contributed by atoms with Gasteiger partial charge in [-0.15, -0.1) is 0 Å². The van der Waals surface area contributed by atoms with E-state index >= 15 is 0 Å². The van der Waals surface area contributed by atoms with E-state index < -0.39 is 0 Å². The number of nitrogens with zero attached hydrogens (tertiary/aromatic N) is 1. The Morgan fingerprint density at radius 2 is 1.91 bits per heavy atom. The predicted octanol–water partition coefficient (Wildman–Crippen LogP) is 3.24. The number of rotatable bonds is 0. The molecule has 0 spiro atoms. The lowest BCUT2D eigenvalue weighted by molar-refractivity contribution is 0.117. The SMILES string of the molecule is CC1CC(C)N(I)C(C)(C)C1. The van der Waals surface area contributed by atoms with Crippen molar-refractivity contribution in [2.45, 2.75) is 52.1 Å². The summed E-state index contributed by atoms with van der Waals surface area (Å²) in [5, 5.41) is 0. The summed E-state index contributed by atoms with van der Waals surface area (Å²) in [5.41, 5.74) is 0.400. The quantitative estimate of drug-likeness (QED) is 0.481. The third-order valence-electron chi connectivity index (χ3n) is 2.56. The third-order valence-corrected chi connectivity index (χ3v) is 4.81. The van der Waals surface area contributed by atoms with Crippen LogP contribution in [0.15, 0.2) is 0 Å². The molecule has 66 valence electrons. The number of halogens is 1. The molecule has 0 aromatic heterocycles. The van der Waals surface area contributed by atoms with E-state index in [4.69, 9.17) is 0 Å². The zero-order valence-electron chi connectivity index (χ0n) is 7.89. The Hall–Kier alpha value is 0.690. The van der Waals surface area contributed by atoms with Crippen LogP contribution in [0.2, 0.25) is 0 Å². The molecule has 11 heavy (non-hydrogen) atoms. The van der Waals surface area contributed by atoms with Crippen LogP contribution in [0.3, 0.4) is 0 Å². The van der Waals surface area contributed by atoms with Crippen molar-refractivity contribution in [2.24, 2.45) is 5.92 Å². The largest absolute Gasteiger partial charge is 0.239 e. The van der Waals surface area contributed by atoms with Gasteiger partial charge in [0.1, 0.15) is 0 Å². The van der Waals surface area contributed by atoms with Crippen molar-refractivity contribution in [3.8, 4) is 0 Å². The average molecular weight is 267 g/mol. The second-order valence-electron chi connectivity index (χ2n) is 4.52. The lowest BCUT2D eigenvalue weighted by atomic mass is 9.83. The Labute approximate surface area is 84.0 Å². The Kier molecular flexibility index (Phi) is 2.85.